The highest BCUT2D eigenvalue weighted by atomic mass is 35.5. The van der Waals surface area contributed by atoms with E-state index < -0.39 is 0 Å². The number of thioether (sulfide) groups is 1. The van der Waals surface area contributed by atoms with Gasteiger partial charge in [-0.3, -0.25) is 9.78 Å². The molecule has 0 fully saturated rings. The highest BCUT2D eigenvalue weighted by molar-refractivity contribution is 7.98. The van der Waals surface area contributed by atoms with Crippen LogP contribution in [0.15, 0.2) is 66.0 Å². The highest BCUT2D eigenvalue weighted by Crippen LogP contribution is 2.29. The van der Waals surface area contributed by atoms with E-state index in [1.807, 2.05) is 18.2 Å². The molecule has 0 saturated heterocycles. The van der Waals surface area contributed by atoms with E-state index in [2.05, 4.69) is 15.3 Å². The third-order valence-corrected chi connectivity index (χ3v) is 4.96. The van der Waals surface area contributed by atoms with Crippen molar-refractivity contribution in [2.45, 2.75) is 10.8 Å². The zero-order valence-corrected chi connectivity index (χ0v) is 17.7. The van der Waals surface area contributed by atoms with Crippen LogP contribution >= 0.6 is 59.8 Å². The maximum Gasteiger partial charge on any atom is 0.258 e. The third-order valence-electron chi connectivity index (χ3n) is 3.29. The molecule has 142 valence electrons. The topological polar surface area (TPSA) is 54.9 Å². The molecule has 0 saturated carbocycles. The molecule has 2 aromatic heterocycles. The van der Waals surface area contributed by atoms with Crippen molar-refractivity contribution in [1.82, 2.24) is 9.97 Å². The zero-order valence-electron chi connectivity index (χ0n) is 13.8. The van der Waals surface area contributed by atoms with Gasteiger partial charge in [0.05, 0.1) is 27.0 Å². The lowest BCUT2D eigenvalue weighted by atomic mass is 10.2. The number of nitrogens with zero attached hydrogens (tertiary/aromatic N) is 2. The van der Waals surface area contributed by atoms with Gasteiger partial charge in [-0.25, -0.2) is 4.98 Å². The van der Waals surface area contributed by atoms with Gasteiger partial charge in [-0.2, -0.15) is 0 Å². The van der Waals surface area contributed by atoms with Crippen LogP contribution in [0.4, 0.5) is 5.69 Å². The van der Waals surface area contributed by atoms with Crippen molar-refractivity contribution < 1.29 is 4.79 Å². The van der Waals surface area contributed by atoms with Crippen LogP contribution in [0.5, 0.6) is 0 Å². The van der Waals surface area contributed by atoms with Gasteiger partial charge in [0.15, 0.2) is 0 Å². The SMILES string of the molecule is Cl.Cl.O=C(Nc1cccnc1SCc1ccccn1)c1c(Cl)cccc1Cl. The number of rotatable bonds is 5. The summed E-state index contributed by atoms with van der Waals surface area (Å²) >= 11 is 13.7. The lowest BCUT2D eigenvalue weighted by Crippen LogP contribution is -2.14. The second kappa shape index (κ2) is 11.4. The van der Waals surface area contributed by atoms with E-state index in [1.54, 1.807) is 42.7 Å². The Hall–Kier alpha value is -1.50. The number of hydrogen-bond acceptors (Lipinski definition) is 4. The van der Waals surface area contributed by atoms with Crippen molar-refractivity contribution in [2.24, 2.45) is 0 Å². The molecular weight excluding hydrogens is 448 g/mol. The maximum atomic E-state index is 12.6. The summed E-state index contributed by atoms with van der Waals surface area (Å²) in [6.45, 7) is 0. The molecule has 0 atom stereocenters. The molecule has 9 heteroatoms. The van der Waals surface area contributed by atoms with E-state index in [1.165, 1.54) is 11.8 Å². The van der Waals surface area contributed by atoms with Crippen molar-refractivity contribution in [3.8, 4) is 0 Å². The Kier molecular flexibility index (Phi) is 9.91. The fourth-order valence-corrected chi connectivity index (χ4v) is 3.56. The first-order chi connectivity index (χ1) is 12.1. The molecule has 0 radical (unpaired) electrons. The van der Waals surface area contributed by atoms with Gasteiger partial charge in [0, 0.05) is 18.1 Å². The van der Waals surface area contributed by atoms with Crippen molar-refractivity contribution in [3.05, 3.63) is 82.2 Å². The summed E-state index contributed by atoms with van der Waals surface area (Å²) < 4.78 is 0. The Bertz CT molecular complexity index is 877. The molecule has 1 aromatic carbocycles. The molecule has 0 unspecified atom stereocenters. The van der Waals surface area contributed by atoms with Gasteiger partial charge in [-0.05, 0) is 36.4 Å². The molecule has 3 rings (SSSR count). The second-order valence-electron chi connectivity index (χ2n) is 5.02. The first kappa shape index (κ1) is 23.5. The molecule has 1 amide bonds. The van der Waals surface area contributed by atoms with E-state index in [0.29, 0.717) is 26.5 Å². The Morgan fingerprint density at radius 3 is 2.30 bits per heavy atom. The van der Waals surface area contributed by atoms with Crippen LogP contribution in [-0.2, 0) is 5.75 Å². The lowest BCUT2D eigenvalue weighted by Gasteiger charge is -2.11. The van der Waals surface area contributed by atoms with E-state index in [9.17, 15) is 4.79 Å². The zero-order chi connectivity index (χ0) is 17.6. The molecular formula is C18H15Cl4N3OS. The van der Waals surface area contributed by atoms with Crippen LogP contribution in [0, 0.1) is 0 Å². The van der Waals surface area contributed by atoms with E-state index >= 15 is 0 Å². The number of nitrogens with one attached hydrogen (secondary N) is 1. The fourth-order valence-electron chi connectivity index (χ4n) is 2.13. The molecule has 0 aliphatic rings. The van der Waals surface area contributed by atoms with Gasteiger partial charge in [-0.15, -0.1) is 24.8 Å². The average molecular weight is 463 g/mol. The molecule has 4 nitrogen and oxygen atoms in total. The summed E-state index contributed by atoms with van der Waals surface area (Å²) in [5, 5.41) is 4.14. The number of halogens is 4. The summed E-state index contributed by atoms with van der Waals surface area (Å²) in [6, 6.07) is 14.2. The van der Waals surface area contributed by atoms with Crippen LogP contribution in [0.3, 0.4) is 0 Å². The van der Waals surface area contributed by atoms with Gasteiger partial charge in [0.2, 0.25) is 0 Å². The number of hydrogen-bond donors (Lipinski definition) is 1. The van der Waals surface area contributed by atoms with E-state index in [-0.39, 0.29) is 36.3 Å². The van der Waals surface area contributed by atoms with E-state index in [0.717, 1.165) is 5.69 Å². The number of pyridine rings is 2. The largest absolute Gasteiger partial charge is 0.320 e. The molecule has 0 bridgehead atoms. The smallest absolute Gasteiger partial charge is 0.258 e. The van der Waals surface area contributed by atoms with Crippen molar-refractivity contribution in [1.29, 1.82) is 0 Å². The monoisotopic (exact) mass is 461 g/mol. The second-order valence-corrected chi connectivity index (χ2v) is 6.80. The number of carbonyl (C=O) groups excluding carboxylic acids is 1. The minimum absolute atomic E-state index is 0. The number of anilines is 1. The van der Waals surface area contributed by atoms with E-state index in [4.69, 9.17) is 23.2 Å². The van der Waals surface area contributed by atoms with Crippen molar-refractivity contribution in [3.63, 3.8) is 0 Å². The first-order valence-corrected chi connectivity index (χ1v) is 9.12. The first-order valence-electron chi connectivity index (χ1n) is 7.38. The summed E-state index contributed by atoms with van der Waals surface area (Å²) in [5.41, 5.74) is 1.78. The Morgan fingerprint density at radius 1 is 0.926 bits per heavy atom. The predicted molar refractivity (Wildman–Crippen MR) is 117 cm³/mol. The van der Waals surface area contributed by atoms with Crippen LogP contribution in [0.1, 0.15) is 16.1 Å². The standard InChI is InChI=1S/C18H13Cl2N3OS.2ClH/c19-13-6-3-7-14(20)16(13)17(24)23-15-8-4-10-22-18(15)25-11-12-5-1-2-9-21-12;;/h1-10H,11H2,(H,23,24);2*1H. The minimum Gasteiger partial charge on any atom is -0.320 e. The fraction of sp³-hybridized carbons (Fsp3) is 0.0556. The minimum atomic E-state index is -0.372. The normalized spacial score (nSPS) is 9.70. The van der Waals surface area contributed by atoms with Crippen molar-refractivity contribution >= 4 is 71.4 Å². The molecule has 1 N–H and O–H groups in total. The molecule has 0 aliphatic heterocycles. The third kappa shape index (κ3) is 6.26. The van der Waals surface area contributed by atoms with Gasteiger partial charge in [0.1, 0.15) is 5.03 Å². The van der Waals surface area contributed by atoms with Crippen LogP contribution in [-0.4, -0.2) is 15.9 Å². The molecule has 0 spiro atoms. The van der Waals surface area contributed by atoms with Gasteiger partial charge in [0.25, 0.3) is 5.91 Å². The molecule has 2 heterocycles. The van der Waals surface area contributed by atoms with Crippen LogP contribution < -0.4 is 5.32 Å². The number of benzene rings is 1. The molecule has 0 aliphatic carbocycles. The quantitative estimate of drug-likeness (QED) is 0.460. The summed E-state index contributed by atoms with van der Waals surface area (Å²) in [4.78, 5) is 21.2. The molecule has 3 aromatic rings. The highest BCUT2D eigenvalue weighted by Gasteiger charge is 2.16. The number of aromatic nitrogens is 2. The lowest BCUT2D eigenvalue weighted by molar-refractivity contribution is 0.102. The van der Waals surface area contributed by atoms with Gasteiger partial charge in [-0.1, -0.05) is 47.1 Å². The summed E-state index contributed by atoms with van der Waals surface area (Å²) in [6.07, 6.45) is 3.43. The molecule has 27 heavy (non-hydrogen) atoms. The van der Waals surface area contributed by atoms with Gasteiger partial charge >= 0.3 is 0 Å². The van der Waals surface area contributed by atoms with Gasteiger partial charge < -0.3 is 5.32 Å². The average Bonchev–Trinajstić information content (AvgIpc) is 2.62. The Morgan fingerprint density at radius 2 is 1.63 bits per heavy atom. The predicted octanol–water partition coefficient (Wildman–Crippen LogP) is 6.17. The number of carbonyl (C=O) groups is 1. The maximum absolute atomic E-state index is 12.6. The Labute approximate surface area is 183 Å². The summed E-state index contributed by atoms with van der Waals surface area (Å²) in [7, 11) is 0. The van der Waals surface area contributed by atoms with Crippen molar-refractivity contribution in [2.75, 3.05) is 5.32 Å². The Balaban J connectivity index is 0.00000182. The van der Waals surface area contributed by atoms with Crippen LogP contribution in [0.2, 0.25) is 10.0 Å². The summed E-state index contributed by atoms with van der Waals surface area (Å²) in [5.74, 6) is 0.274. The number of amides is 1. The van der Waals surface area contributed by atoms with Crippen LogP contribution in [0.25, 0.3) is 0 Å².